The van der Waals surface area contributed by atoms with Crippen LogP contribution in [-0.2, 0) is 9.59 Å². The molecule has 4 heteroatoms. The summed E-state index contributed by atoms with van der Waals surface area (Å²) >= 11 is 0. The van der Waals surface area contributed by atoms with Gasteiger partial charge in [0.15, 0.2) is 0 Å². The number of amides is 2. The minimum Gasteiger partial charge on any atom is -0.342 e. The van der Waals surface area contributed by atoms with Gasteiger partial charge >= 0.3 is 0 Å². The number of carbonyl (C=O) groups is 2. The number of anilines is 1. The molecule has 1 aliphatic heterocycles. The third-order valence-corrected chi connectivity index (χ3v) is 4.85. The number of benzene rings is 1. The van der Waals surface area contributed by atoms with Crippen LogP contribution in [0.1, 0.15) is 38.5 Å². The molecule has 22 heavy (non-hydrogen) atoms. The Morgan fingerprint density at radius 2 is 1.64 bits per heavy atom. The quantitative estimate of drug-likeness (QED) is 0.932. The molecule has 0 aromatic heterocycles. The summed E-state index contributed by atoms with van der Waals surface area (Å²) in [6, 6.07) is 9.53. The first-order valence-corrected chi connectivity index (χ1v) is 8.39. The van der Waals surface area contributed by atoms with Gasteiger partial charge in [-0.15, -0.1) is 0 Å². The minimum absolute atomic E-state index is 0.0371. The Morgan fingerprint density at radius 3 is 2.36 bits per heavy atom. The van der Waals surface area contributed by atoms with Crippen LogP contribution >= 0.6 is 0 Å². The second-order valence-corrected chi connectivity index (χ2v) is 6.46. The zero-order valence-corrected chi connectivity index (χ0v) is 13.0. The number of rotatable bonds is 3. The van der Waals surface area contributed by atoms with E-state index < -0.39 is 0 Å². The SMILES string of the molecule is O=C(Nc1ccccc1)C1CCCN(C(=O)C2CCCC2)C1. The molecule has 2 amide bonds. The molecule has 2 fully saturated rings. The lowest BCUT2D eigenvalue weighted by molar-refractivity contribution is -0.138. The van der Waals surface area contributed by atoms with Crippen molar-refractivity contribution in [1.29, 1.82) is 0 Å². The van der Waals surface area contributed by atoms with Crippen LogP contribution in [0.4, 0.5) is 5.69 Å². The minimum atomic E-state index is -0.0840. The molecule has 2 aliphatic rings. The van der Waals surface area contributed by atoms with Crippen LogP contribution in [0.2, 0.25) is 0 Å². The van der Waals surface area contributed by atoms with Gasteiger partial charge in [0.1, 0.15) is 0 Å². The smallest absolute Gasteiger partial charge is 0.229 e. The van der Waals surface area contributed by atoms with Gasteiger partial charge in [-0.05, 0) is 37.8 Å². The first kappa shape index (κ1) is 15.1. The number of likely N-dealkylation sites (tertiary alicyclic amines) is 1. The van der Waals surface area contributed by atoms with Crippen LogP contribution in [0.3, 0.4) is 0 Å². The molecular weight excluding hydrogens is 276 g/mol. The lowest BCUT2D eigenvalue weighted by atomic mass is 9.95. The number of hydrogen-bond acceptors (Lipinski definition) is 2. The Kier molecular flexibility index (Phi) is 4.76. The van der Waals surface area contributed by atoms with Crippen LogP contribution in [0.15, 0.2) is 30.3 Å². The van der Waals surface area contributed by atoms with Crippen molar-refractivity contribution in [2.45, 2.75) is 38.5 Å². The lowest BCUT2D eigenvalue weighted by Crippen LogP contribution is -2.45. The van der Waals surface area contributed by atoms with E-state index in [4.69, 9.17) is 0 Å². The summed E-state index contributed by atoms with van der Waals surface area (Å²) in [5.41, 5.74) is 0.826. The van der Waals surface area contributed by atoms with Crippen molar-refractivity contribution in [2.24, 2.45) is 11.8 Å². The number of carbonyl (C=O) groups excluding carboxylic acids is 2. The molecule has 1 aromatic rings. The topological polar surface area (TPSA) is 49.4 Å². The molecule has 1 saturated heterocycles. The summed E-state index contributed by atoms with van der Waals surface area (Å²) < 4.78 is 0. The molecular formula is C18H24N2O2. The molecule has 1 unspecified atom stereocenters. The van der Waals surface area contributed by atoms with E-state index in [9.17, 15) is 9.59 Å². The van der Waals surface area contributed by atoms with Crippen molar-refractivity contribution in [3.8, 4) is 0 Å². The first-order chi connectivity index (χ1) is 10.7. The van der Waals surface area contributed by atoms with E-state index in [1.807, 2.05) is 35.2 Å². The predicted molar refractivity (Wildman–Crippen MR) is 86.3 cm³/mol. The second-order valence-electron chi connectivity index (χ2n) is 6.46. The van der Waals surface area contributed by atoms with Crippen molar-refractivity contribution in [3.05, 3.63) is 30.3 Å². The molecule has 0 spiro atoms. The third-order valence-electron chi connectivity index (χ3n) is 4.85. The fraction of sp³-hybridized carbons (Fsp3) is 0.556. The van der Waals surface area contributed by atoms with Gasteiger partial charge in [0.05, 0.1) is 5.92 Å². The Bertz CT molecular complexity index is 523. The van der Waals surface area contributed by atoms with E-state index in [0.717, 1.165) is 37.9 Å². The van der Waals surface area contributed by atoms with E-state index in [2.05, 4.69) is 5.32 Å². The maximum absolute atomic E-state index is 12.5. The third kappa shape index (κ3) is 3.49. The molecule has 118 valence electrons. The molecule has 1 atom stereocenters. The molecule has 4 nitrogen and oxygen atoms in total. The van der Waals surface area contributed by atoms with Gasteiger partial charge < -0.3 is 10.2 Å². The highest BCUT2D eigenvalue weighted by molar-refractivity contribution is 5.93. The van der Waals surface area contributed by atoms with Gasteiger partial charge in [0, 0.05) is 24.7 Å². The normalized spacial score (nSPS) is 22.5. The molecule has 1 aromatic carbocycles. The standard InChI is InChI=1S/C18H24N2O2/c21-17(19-16-10-2-1-3-11-16)15-9-6-12-20(13-15)18(22)14-7-4-5-8-14/h1-3,10-11,14-15H,4-9,12-13H2,(H,19,21). The van der Waals surface area contributed by atoms with Gasteiger partial charge in [-0.3, -0.25) is 9.59 Å². The summed E-state index contributed by atoms with van der Waals surface area (Å²) in [6.45, 7) is 1.39. The Hall–Kier alpha value is -1.84. The number of hydrogen-bond donors (Lipinski definition) is 1. The molecule has 3 rings (SSSR count). The van der Waals surface area contributed by atoms with Gasteiger partial charge in [0.2, 0.25) is 11.8 Å². The number of para-hydroxylation sites is 1. The zero-order chi connectivity index (χ0) is 15.4. The number of piperidine rings is 1. The average molecular weight is 300 g/mol. The molecule has 1 aliphatic carbocycles. The van der Waals surface area contributed by atoms with E-state index in [-0.39, 0.29) is 23.7 Å². The van der Waals surface area contributed by atoms with Crippen LogP contribution in [0, 0.1) is 11.8 Å². The Labute approximate surface area is 131 Å². The van der Waals surface area contributed by atoms with E-state index in [1.54, 1.807) is 0 Å². The van der Waals surface area contributed by atoms with Crippen molar-refractivity contribution in [3.63, 3.8) is 0 Å². The second kappa shape index (κ2) is 6.95. The molecule has 0 bridgehead atoms. The maximum atomic E-state index is 12.5. The molecule has 1 N–H and O–H groups in total. The largest absolute Gasteiger partial charge is 0.342 e. The molecule has 0 radical (unpaired) electrons. The van der Waals surface area contributed by atoms with Crippen LogP contribution < -0.4 is 5.32 Å². The van der Waals surface area contributed by atoms with Crippen molar-refractivity contribution in [2.75, 3.05) is 18.4 Å². The van der Waals surface area contributed by atoms with Crippen molar-refractivity contribution < 1.29 is 9.59 Å². The Morgan fingerprint density at radius 1 is 0.955 bits per heavy atom. The summed E-state index contributed by atoms with van der Waals surface area (Å²) in [7, 11) is 0. The number of nitrogens with zero attached hydrogens (tertiary/aromatic N) is 1. The Balaban J connectivity index is 1.57. The summed E-state index contributed by atoms with van der Waals surface area (Å²) in [5.74, 6) is 0.431. The highest BCUT2D eigenvalue weighted by atomic mass is 16.2. The maximum Gasteiger partial charge on any atom is 0.229 e. The summed E-state index contributed by atoms with van der Waals surface area (Å²) in [6.07, 6.45) is 6.18. The van der Waals surface area contributed by atoms with Crippen LogP contribution in [0.25, 0.3) is 0 Å². The fourth-order valence-corrected chi connectivity index (χ4v) is 3.59. The summed E-state index contributed by atoms with van der Waals surface area (Å²) in [5, 5.41) is 2.96. The first-order valence-electron chi connectivity index (χ1n) is 8.39. The van der Waals surface area contributed by atoms with E-state index >= 15 is 0 Å². The predicted octanol–water partition coefficient (Wildman–Crippen LogP) is 3.05. The molecule has 1 saturated carbocycles. The zero-order valence-electron chi connectivity index (χ0n) is 13.0. The average Bonchev–Trinajstić information content (AvgIpc) is 3.09. The van der Waals surface area contributed by atoms with Crippen LogP contribution in [-0.4, -0.2) is 29.8 Å². The lowest BCUT2D eigenvalue weighted by Gasteiger charge is -2.33. The highest BCUT2D eigenvalue weighted by Crippen LogP contribution is 2.28. The van der Waals surface area contributed by atoms with Gasteiger partial charge in [-0.25, -0.2) is 0 Å². The van der Waals surface area contributed by atoms with Crippen LogP contribution in [0.5, 0.6) is 0 Å². The monoisotopic (exact) mass is 300 g/mol. The highest BCUT2D eigenvalue weighted by Gasteiger charge is 2.32. The van der Waals surface area contributed by atoms with Crippen molar-refractivity contribution >= 4 is 17.5 Å². The van der Waals surface area contributed by atoms with E-state index in [1.165, 1.54) is 12.8 Å². The van der Waals surface area contributed by atoms with Gasteiger partial charge in [0.25, 0.3) is 0 Å². The van der Waals surface area contributed by atoms with E-state index in [0.29, 0.717) is 6.54 Å². The van der Waals surface area contributed by atoms with Gasteiger partial charge in [-0.2, -0.15) is 0 Å². The molecule has 1 heterocycles. The van der Waals surface area contributed by atoms with Gasteiger partial charge in [-0.1, -0.05) is 31.0 Å². The number of nitrogens with one attached hydrogen (secondary N) is 1. The summed E-state index contributed by atoms with van der Waals surface area (Å²) in [4.78, 5) is 26.9. The fourth-order valence-electron chi connectivity index (χ4n) is 3.59. The van der Waals surface area contributed by atoms with Crippen molar-refractivity contribution in [1.82, 2.24) is 4.90 Å².